The van der Waals surface area contributed by atoms with E-state index in [1.165, 1.54) is 17.5 Å². The Hall–Kier alpha value is -1.13. The van der Waals surface area contributed by atoms with Crippen molar-refractivity contribution >= 4 is 28.7 Å². The molecule has 0 aliphatic carbocycles. The maximum absolute atomic E-state index is 12.2. The van der Waals surface area contributed by atoms with E-state index in [1.807, 2.05) is 26.0 Å². The normalized spacial score (nSPS) is 10.7. The number of carbonyl (C=O) groups excluding carboxylic acids is 1. The van der Waals surface area contributed by atoms with E-state index in [1.54, 1.807) is 4.68 Å². The minimum atomic E-state index is -0.0533. The summed E-state index contributed by atoms with van der Waals surface area (Å²) in [6.07, 6.45) is 1.51. The number of hydrogen-bond acceptors (Lipinski definition) is 3. The first-order chi connectivity index (χ1) is 7.63. The second kappa shape index (κ2) is 4.39. The number of hydrogen-bond donors (Lipinski definition) is 0. The molecule has 2 aromatic heterocycles. The topological polar surface area (TPSA) is 34.9 Å². The lowest BCUT2D eigenvalue weighted by molar-refractivity contribution is 0.103. The van der Waals surface area contributed by atoms with Crippen molar-refractivity contribution in [1.29, 1.82) is 0 Å². The summed E-state index contributed by atoms with van der Waals surface area (Å²) in [4.78, 5) is 14.0. The van der Waals surface area contributed by atoms with Crippen LogP contribution >= 0.6 is 22.9 Å². The highest BCUT2D eigenvalue weighted by Crippen LogP contribution is 2.23. The van der Waals surface area contributed by atoms with E-state index in [0.717, 1.165) is 4.88 Å². The molecule has 0 bridgehead atoms. The van der Waals surface area contributed by atoms with Gasteiger partial charge in [0.25, 0.3) is 0 Å². The van der Waals surface area contributed by atoms with Crippen LogP contribution in [0.25, 0.3) is 0 Å². The molecule has 0 fully saturated rings. The lowest BCUT2D eigenvalue weighted by atomic mass is 10.2. The van der Waals surface area contributed by atoms with E-state index in [9.17, 15) is 4.79 Å². The molecular formula is C11H11ClN2OS. The average Bonchev–Trinajstić information content (AvgIpc) is 2.83. The average molecular weight is 255 g/mol. The Labute approximate surface area is 103 Å². The summed E-state index contributed by atoms with van der Waals surface area (Å²) >= 11 is 7.45. The quantitative estimate of drug-likeness (QED) is 0.789. The third kappa shape index (κ3) is 1.90. The molecule has 0 N–H and O–H groups in total. The Morgan fingerprint density at radius 1 is 1.56 bits per heavy atom. The maximum Gasteiger partial charge on any atom is 0.222 e. The van der Waals surface area contributed by atoms with Crippen molar-refractivity contribution in [1.82, 2.24) is 9.78 Å². The van der Waals surface area contributed by atoms with E-state index in [-0.39, 0.29) is 5.78 Å². The van der Waals surface area contributed by atoms with Crippen LogP contribution in [0.2, 0.25) is 5.02 Å². The van der Waals surface area contributed by atoms with E-state index in [0.29, 0.717) is 22.1 Å². The highest BCUT2D eigenvalue weighted by atomic mass is 35.5. The van der Waals surface area contributed by atoms with Crippen molar-refractivity contribution in [3.63, 3.8) is 0 Å². The minimum absolute atomic E-state index is 0.0533. The Kier molecular flexibility index (Phi) is 3.12. The molecule has 2 rings (SSSR count). The van der Waals surface area contributed by atoms with Gasteiger partial charge in [0, 0.05) is 11.4 Å². The highest BCUT2D eigenvalue weighted by Gasteiger charge is 2.19. The first kappa shape index (κ1) is 11.4. The van der Waals surface area contributed by atoms with Crippen LogP contribution in [0.3, 0.4) is 0 Å². The van der Waals surface area contributed by atoms with Gasteiger partial charge in [-0.25, -0.2) is 0 Å². The summed E-state index contributed by atoms with van der Waals surface area (Å²) in [5.74, 6) is -0.0533. The van der Waals surface area contributed by atoms with E-state index in [2.05, 4.69) is 5.10 Å². The summed E-state index contributed by atoms with van der Waals surface area (Å²) in [6, 6.07) is 3.75. The maximum atomic E-state index is 12.2. The second-order valence-electron chi connectivity index (χ2n) is 3.40. The summed E-state index contributed by atoms with van der Waals surface area (Å²) < 4.78 is 1.62. The van der Waals surface area contributed by atoms with Crippen LogP contribution in [0, 0.1) is 6.92 Å². The molecular weight excluding hydrogens is 244 g/mol. The summed E-state index contributed by atoms with van der Waals surface area (Å²) in [6.45, 7) is 4.54. The number of rotatable bonds is 3. The molecule has 5 heteroatoms. The highest BCUT2D eigenvalue weighted by molar-refractivity contribution is 7.14. The van der Waals surface area contributed by atoms with Gasteiger partial charge >= 0.3 is 0 Å². The molecule has 0 aromatic carbocycles. The molecule has 0 amide bonds. The van der Waals surface area contributed by atoms with Crippen LogP contribution in [0.5, 0.6) is 0 Å². The molecule has 0 saturated carbocycles. The third-order valence-electron chi connectivity index (χ3n) is 2.27. The number of thiophene rings is 1. The zero-order chi connectivity index (χ0) is 11.7. The predicted molar refractivity (Wildman–Crippen MR) is 65.4 cm³/mol. The molecule has 2 heterocycles. The van der Waals surface area contributed by atoms with Gasteiger partial charge in [-0.2, -0.15) is 5.10 Å². The standard InChI is InChI=1S/C11H11ClN2OS/c1-3-14-10(8(12)6-13-14)11(15)9-5-4-7(2)16-9/h4-6H,3H2,1-2H3. The van der Waals surface area contributed by atoms with Crippen LogP contribution in [-0.4, -0.2) is 15.6 Å². The van der Waals surface area contributed by atoms with Gasteiger partial charge in [0.05, 0.1) is 16.1 Å². The van der Waals surface area contributed by atoms with Gasteiger partial charge in [0.2, 0.25) is 5.78 Å². The summed E-state index contributed by atoms with van der Waals surface area (Å²) in [5, 5.41) is 4.47. The fraction of sp³-hybridized carbons (Fsp3) is 0.273. The van der Waals surface area contributed by atoms with Crippen molar-refractivity contribution in [2.24, 2.45) is 0 Å². The molecule has 3 nitrogen and oxygen atoms in total. The molecule has 0 unspecified atom stereocenters. The van der Waals surface area contributed by atoms with Gasteiger partial charge in [0.1, 0.15) is 5.69 Å². The number of aryl methyl sites for hydroxylation is 2. The van der Waals surface area contributed by atoms with Crippen molar-refractivity contribution in [3.8, 4) is 0 Å². The Morgan fingerprint density at radius 2 is 2.31 bits per heavy atom. The smallest absolute Gasteiger partial charge is 0.222 e. The van der Waals surface area contributed by atoms with Gasteiger partial charge in [-0.05, 0) is 26.0 Å². The molecule has 16 heavy (non-hydrogen) atoms. The number of halogens is 1. The zero-order valence-corrected chi connectivity index (χ0v) is 10.6. The molecule has 0 aliphatic rings. The first-order valence-electron chi connectivity index (χ1n) is 4.96. The Bertz CT molecular complexity index is 530. The van der Waals surface area contributed by atoms with Crippen LogP contribution < -0.4 is 0 Å². The molecule has 84 valence electrons. The van der Waals surface area contributed by atoms with Crippen molar-refractivity contribution in [3.05, 3.63) is 38.8 Å². The van der Waals surface area contributed by atoms with Gasteiger partial charge in [-0.15, -0.1) is 11.3 Å². The zero-order valence-electron chi connectivity index (χ0n) is 9.03. The lowest BCUT2D eigenvalue weighted by Crippen LogP contribution is -2.09. The van der Waals surface area contributed by atoms with Crippen molar-refractivity contribution in [2.45, 2.75) is 20.4 Å². The van der Waals surface area contributed by atoms with Crippen molar-refractivity contribution in [2.75, 3.05) is 0 Å². The van der Waals surface area contributed by atoms with Crippen molar-refractivity contribution < 1.29 is 4.79 Å². The lowest BCUT2D eigenvalue weighted by Gasteiger charge is -2.02. The molecule has 2 aromatic rings. The molecule has 0 radical (unpaired) electrons. The van der Waals surface area contributed by atoms with Crippen LogP contribution in [0.1, 0.15) is 27.2 Å². The Morgan fingerprint density at radius 3 is 2.88 bits per heavy atom. The van der Waals surface area contributed by atoms with Gasteiger partial charge in [-0.3, -0.25) is 9.48 Å². The summed E-state index contributed by atoms with van der Waals surface area (Å²) in [7, 11) is 0. The fourth-order valence-electron chi connectivity index (χ4n) is 1.50. The van der Waals surface area contributed by atoms with E-state index >= 15 is 0 Å². The third-order valence-corrected chi connectivity index (χ3v) is 3.55. The van der Waals surface area contributed by atoms with Crippen LogP contribution in [0.15, 0.2) is 18.3 Å². The fourth-order valence-corrected chi connectivity index (χ4v) is 2.54. The largest absolute Gasteiger partial charge is 0.286 e. The van der Waals surface area contributed by atoms with Crippen LogP contribution in [0.4, 0.5) is 0 Å². The van der Waals surface area contributed by atoms with Crippen LogP contribution in [-0.2, 0) is 6.54 Å². The molecule has 0 spiro atoms. The minimum Gasteiger partial charge on any atom is -0.286 e. The monoisotopic (exact) mass is 254 g/mol. The number of ketones is 1. The predicted octanol–water partition coefficient (Wildman–Crippen LogP) is 3.16. The first-order valence-corrected chi connectivity index (χ1v) is 6.15. The number of aromatic nitrogens is 2. The molecule has 0 saturated heterocycles. The molecule has 0 aliphatic heterocycles. The van der Waals surface area contributed by atoms with Gasteiger partial charge in [-0.1, -0.05) is 11.6 Å². The van der Waals surface area contributed by atoms with Gasteiger partial charge in [0.15, 0.2) is 0 Å². The SMILES string of the molecule is CCn1ncc(Cl)c1C(=O)c1ccc(C)s1. The number of nitrogens with zero attached hydrogens (tertiary/aromatic N) is 2. The summed E-state index contributed by atoms with van der Waals surface area (Å²) in [5.41, 5.74) is 0.478. The Balaban J connectivity index is 2.44. The molecule has 0 atom stereocenters. The second-order valence-corrected chi connectivity index (χ2v) is 5.09. The van der Waals surface area contributed by atoms with E-state index in [4.69, 9.17) is 11.6 Å². The van der Waals surface area contributed by atoms with Gasteiger partial charge < -0.3 is 0 Å². The van der Waals surface area contributed by atoms with E-state index < -0.39 is 0 Å². The number of carbonyl (C=O) groups is 1.